The highest BCUT2D eigenvalue weighted by Crippen LogP contribution is 2.40. The Morgan fingerprint density at radius 2 is 1.95 bits per heavy atom. The van der Waals surface area contributed by atoms with E-state index in [0.717, 1.165) is 23.0 Å². The van der Waals surface area contributed by atoms with E-state index in [0.29, 0.717) is 17.2 Å². The monoisotopic (exact) mass is 307 g/mol. The van der Waals surface area contributed by atoms with Crippen LogP contribution in [0.2, 0.25) is 0 Å². The zero-order valence-corrected chi connectivity index (χ0v) is 13.7. The Morgan fingerprint density at radius 3 is 2.62 bits per heavy atom. The lowest BCUT2D eigenvalue weighted by molar-refractivity contribution is 0.756. The second kappa shape index (κ2) is 6.40. The molecule has 6 heteroatoms. The SMILES string of the molecule is CCSC1CCCC1Nc1nc(C2CC2)nc(NN)c1C. The molecule has 2 atom stereocenters. The molecule has 21 heavy (non-hydrogen) atoms. The number of rotatable bonds is 6. The fourth-order valence-electron chi connectivity index (χ4n) is 3.02. The predicted molar refractivity (Wildman–Crippen MR) is 89.7 cm³/mol. The number of nitrogens with zero attached hydrogens (tertiary/aromatic N) is 2. The van der Waals surface area contributed by atoms with Crippen molar-refractivity contribution in [3.63, 3.8) is 0 Å². The molecule has 1 aromatic heterocycles. The van der Waals surface area contributed by atoms with Crippen LogP contribution < -0.4 is 16.6 Å². The largest absolute Gasteiger partial charge is 0.366 e. The Morgan fingerprint density at radius 1 is 1.19 bits per heavy atom. The van der Waals surface area contributed by atoms with Gasteiger partial charge in [-0.25, -0.2) is 15.8 Å². The average molecular weight is 307 g/mol. The Bertz CT molecular complexity index is 503. The van der Waals surface area contributed by atoms with Gasteiger partial charge in [0.15, 0.2) is 0 Å². The third-order valence-corrected chi connectivity index (χ3v) is 5.72. The van der Waals surface area contributed by atoms with Crippen LogP contribution in [0.1, 0.15) is 56.3 Å². The summed E-state index contributed by atoms with van der Waals surface area (Å²) < 4.78 is 0. The summed E-state index contributed by atoms with van der Waals surface area (Å²) >= 11 is 2.06. The van der Waals surface area contributed by atoms with Crippen LogP contribution in [0.4, 0.5) is 11.6 Å². The lowest BCUT2D eigenvalue weighted by atomic mass is 10.2. The highest BCUT2D eigenvalue weighted by atomic mass is 32.2. The first-order valence-corrected chi connectivity index (χ1v) is 9.01. The number of aromatic nitrogens is 2. The summed E-state index contributed by atoms with van der Waals surface area (Å²) in [6.45, 7) is 4.27. The minimum Gasteiger partial charge on any atom is -0.366 e. The first kappa shape index (κ1) is 14.9. The van der Waals surface area contributed by atoms with Gasteiger partial charge in [-0.2, -0.15) is 11.8 Å². The molecule has 0 aliphatic heterocycles. The van der Waals surface area contributed by atoms with E-state index in [-0.39, 0.29) is 0 Å². The van der Waals surface area contributed by atoms with Gasteiger partial charge in [-0.15, -0.1) is 0 Å². The Balaban J connectivity index is 1.81. The van der Waals surface area contributed by atoms with Crippen LogP contribution in [0.25, 0.3) is 0 Å². The number of nitrogens with two attached hydrogens (primary N) is 1. The van der Waals surface area contributed by atoms with Crippen molar-refractivity contribution in [1.82, 2.24) is 9.97 Å². The molecule has 116 valence electrons. The van der Waals surface area contributed by atoms with E-state index in [4.69, 9.17) is 10.8 Å². The second-order valence-corrected chi connectivity index (χ2v) is 7.51. The molecular formula is C15H25N5S. The van der Waals surface area contributed by atoms with Gasteiger partial charge >= 0.3 is 0 Å². The second-order valence-electron chi connectivity index (χ2n) is 6.00. The van der Waals surface area contributed by atoms with E-state index in [9.17, 15) is 0 Å². The van der Waals surface area contributed by atoms with Gasteiger partial charge < -0.3 is 10.7 Å². The van der Waals surface area contributed by atoms with Crippen molar-refractivity contribution < 1.29 is 0 Å². The van der Waals surface area contributed by atoms with Crippen molar-refractivity contribution in [3.05, 3.63) is 11.4 Å². The Hall–Kier alpha value is -1.01. The summed E-state index contributed by atoms with van der Waals surface area (Å²) in [5, 5.41) is 4.37. The number of anilines is 2. The van der Waals surface area contributed by atoms with Gasteiger partial charge in [0, 0.05) is 22.8 Å². The molecule has 0 amide bonds. The molecule has 0 bridgehead atoms. The standard InChI is InChI=1S/C15H25N5S/c1-3-21-12-6-4-5-11(12)17-13-9(2)14(20-16)19-15(18-13)10-7-8-10/h10-12H,3-8,16H2,1-2H3,(H2,17,18,19,20). The van der Waals surface area contributed by atoms with E-state index in [1.807, 2.05) is 6.92 Å². The lowest BCUT2D eigenvalue weighted by Gasteiger charge is -2.22. The van der Waals surface area contributed by atoms with Crippen LogP contribution >= 0.6 is 11.8 Å². The average Bonchev–Trinajstić information content (AvgIpc) is 3.24. The smallest absolute Gasteiger partial charge is 0.148 e. The summed E-state index contributed by atoms with van der Waals surface area (Å²) in [5.74, 6) is 9.99. The van der Waals surface area contributed by atoms with Crippen molar-refractivity contribution in [3.8, 4) is 0 Å². The minimum atomic E-state index is 0.515. The van der Waals surface area contributed by atoms with Gasteiger partial charge in [0.2, 0.25) is 0 Å². The quantitative estimate of drug-likeness (QED) is 0.554. The molecule has 2 fully saturated rings. The van der Waals surface area contributed by atoms with Gasteiger partial charge in [0.25, 0.3) is 0 Å². The van der Waals surface area contributed by atoms with Gasteiger partial charge in [-0.1, -0.05) is 13.3 Å². The predicted octanol–water partition coefficient (Wildman–Crippen LogP) is 3.03. The van der Waals surface area contributed by atoms with E-state index < -0.39 is 0 Å². The van der Waals surface area contributed by atoms with E-state index in [2.05, 4.69) is 34.4 Å². The highest BCUT2D eigenvalue weighted by molar-refractivity contribution is 7.99. The highest BCUT2D eigenvalue weighted by Gasteiger charge is 2.31. The molecule has 2 unspecified atom stereocenters. The van der Waals surface area contributed by atoms with Crippen molar-refractivity contribution in [2.75, 3.05) is 16.5 Å². The van der Waals surface area contributed by atoms with Crippen LogP contribution in [-0.2, 0) is 0 Å². The fourth-order valence-corrected chi connectivity index (χ4v) is 4.22. The van der Waals surface area contributed by atoms with Crippen molar-refractivity contribution in [2.24, 2.45) is 5.84 Å². The molecule has 0 saturated heterocycles. The normalized spacial score (nSPS) is 25.1. The zero-order chi connectivity index (χ0) is 14.8. The number of hydrazine groups is 1. The molecule has 2 aliphatic carbocycles. The molecule has 2 aliphatic rings. The summed E-state index contributed by atoms with van der Waals surface area (Å²) in [7, 11) is 0. The number of nitrogens with one attached hydrogen (secondary N) is 2. The maximum atomic E-state index is 5.62. The van der Waals surface area contributed by atoms with Crippen LogP contribution in [0.15, 0.2) is 0 Å². The summed E-state index contributed by atoms with van der Waals surface area (Å²) in [6, 6.07) is 0.515. The fraction of sp³-hybridized carbons (Fsp3) is 0.733. The molecule has 5 nitrogen and oxygen atoms in total. The topological polar surface area (TPSA) is 75.9 Å². The number of thioether (sulfide) groups is 1. The molecule has 0 aromatic carbocycles. The maximum Gasteiger partial charge on any atom is 0.148 e. The van der Waals surface area contributed by atoms with Crippen LogP contribution in [0.5, 0.6) is 0 Å². The molecule has 2 saturated carbocycles. The van der Waals surface area contributed by atoms with Gasteiger partial charge in [0.05, 0.1) is 0 Å². The van der Waals surface area contributed by atoms with Gasteiger partial charge in [0.1, 0.15) is 17.5 Å². The van der Waals surface area contributed by atoms with Gasteiger partial charge in [-0.05, 0) is 38.4 Å². The number of hydrogen-bond donors (Lipinski definition) is 3. The van der Waals surface area contributed by atoms with E-state index in [1.54, 1.807) is 0 Å². The first-order valence-electron chi connectivity index (χ1n) is 7.96. The molecule has 0 spiro atoms. The molecule has 3 rings (SSSR count). The summed E-state index contributed by atoms with van der Waals surface area (Å²) in [6.07, 6.45) is 6.23. The van der Waals surface area contributed by atoms with Crippen LogP contribution in [0.3, 0.4) is 0 Å². The molecule has 0 radical (unpaired) electrons. The third kappa shape index (κ3) is 3.26. The zero-order valence-electron chi connectivity index (χ0n) is 12.9. The number of nitrogen functional groups attached to an aromatic ring is 1. The molecule has 4 N–H and O–H groups in total. The van der Waals surface area contributed by atoms with Crippen molar-refractivity contribution in [2.45, 2.75) is 63.2 Å². The maximum absolute atomic E-state index is 5.62. The number of hydrogen-bond acceptors (Lipinski definition) is 6. The van der Waals surface area contributed by atoms with Crippen LogP contribution in [0, 0.1) is 6.92 Å². The lowest BCUT2D eigenvalue weighted by Crippen LogP contribution is -2.28. The molecule has 1 aromatic rings. The Kier molecular flexibility index (Phi) is 4.54. The third-order valence-electron chi connectivity index (χ3n) is 4.40. The molecule has 1 heterocycles. The summed E-state index contributed by atoms with van der Waals surface area (Å²) in [4.78, 5) is 9.32. The molecular weight excluding hydrogens is 282 g/mol. The minimum absolute atomic E-state index is 0.515. The van der Waals surface area contributed by atoms with Crippen molar-refractivity contribution >= 4 is 23.4 Å². The van der Waals surface area contributed by atoms with Crippen LogP contribution in [-0.4, -0.2) is 27.0 Å². The summed E-state index contributed by atoms with van der Waals surface area (Å²) in [5.41, 5.74) is 3.75. The van der Waals surface area contributed by atoms with E-state index >= 15 is 0 Å². The van der Waals surface area contributed by atoms with Gasteiger partial charge in [-0.3, -0.25) is 0 Å². The Labute approximate surface area is 130 Å². The first-order chi connectivity index (χ1) is 10.2. The van der Waals surface area contributed by atoms with E-state index in [1.165, 1.54) is 37.9 Å². The van der Waals surface area contributed by atoms with Crippen molar-refractivity contribution in [1.29, 1.82) is 0 Å².